The van der Waals surface area contributed by atoms with E-state index in [9.17, 15) is 9.59 Å². The van der Waals surface area contributed by atoms with E-state index in [2.05, 4.69) is 27.2 Å². The van der Waals surface area contributed by atoms with E-state index in [1.54, 1.807) is 36.0 Å². The first-order valence-electron chi connectivity index (χ1n) is 14.9. The highest BCUT2D eigenvalue weighted by molar-refractivity contribution is 6.30. The standard InChI is InChI=1S/C32H37ClN6O4/c1-21-27(15-23(33)16-34-21)31(40)36-24-9-7-22(8-10-24)18-38-28-5-3-4-6-29(28)39(32(38)41)25-11-12-30(35-17-25)43-20-26-19-37(2)13-14-42-26/h3-6,11-12,15-17,22,24,26H,7-10,13-14,18-20H2,1-2H3,(H,36,40)/t22-,24-,26-/m1/s1. The predicted octanol–water partition coefficient (Wildman–Crippen LogP) is 4.24. The molecule has 4 aromatic rings. The van der Waals surface area contributed by atoms with Gasteiger partial charge >= 0.3 is 5.69 Å². The Kier molecular flexibility index (Phi) is 8.78. The molecule has 1 N–H and O–H groups in total. The Balaban J connectivity index is 1.11. The summed E-state index contributed by atoms with van der Waals surface area (Å²) in [5, 5.41) is 3.60. The summed E-state index contributed by atoms with van der Waals surface area (Å²) in [6.07, 6.45) is 6.78. The van der Waals surface area contributed by atoms with Crippen LogP contribution >= 0.6 is 11.6 Å². The first kappa shape index (κ1) is 29.3. The van der Waals surface area contributed by atoms with Crippen LogP contribution in [-0.4, -0.2) is 75.4 Å². The number of amides is 1. The fraction of sp³-hybridized carbons (Fsp3) is 0.438. The lowest BCUT2D eigenvalue weighted by Gasteiger charge is -2.29. The summed E-state index contributed by atoms with van der Waals surface area (Å²) < 4.78 is 15.3. The second-order valence-electron chi connectivity index (χ2n) is 11.6. The zero-order valence-corrected chi connectivity index (χ0v) is 25.3. The third-order valence-electron chi connectivity index (χ3n) is 8.49. The van der Waals surface area contributed by atoms with Crippen LogP contribution in [0, 0.1) is 12.8 Å². The number of hydrogen-bond acceptors (Lipinski definition) is 7. The molecule has 3 aromatic heterocycles. The maximum atomic E-state index is 13.8. The molecule has 1 saturated heterocycles. The van der Waals surface area contributed by atoms with Crippen LogP contribution in [0.3, 0.4) is 0 Å². The maximum Gasteiger partial charge on any atom is 0.333 e. The predicted molar refractivity (Wildman–Crippen MR) is 165 cm³/mol. The summed E-state index contributed by atoms with van der Waals surface area (Å²) in [5.74, 6) is 0.688. The summed E-state index contributed by atoms with van der Waals surface area (Å²) in [7, 11) is 2.07. The molecule has 226 valence electrons. The van der Waals surface area contributed by atoms with E-state index in [0.717, 1.165) is 49.8 Å². The molecular formula is C32H37ClN6O4. The van der Waals surface area contributed by atoms with Gasteiger partial charge in [0, 0.05) is 37.9 Å². The molecule has 1 aromatic carbocycles. The number of imidazole rings is 1. The topological polar surface area (TPSA) is 104 Å². The molecule has 1 atom stereocenters. The number of hydrogen-bond donors (Lipinski definition) is 1. The molecule has 0 unspecified atom stereocenters. The van der Waals surface area contributed by atoms with Crippen molar-refractivity contribution in [3.63, 3.8) is 0 Å². The van der Waals surface area contributed by atoms with Crippen LogP contribution in [0.5, 0.6) is 5.88 Å². The van der Waals surface area contributed by atoms with Gasteiger partial charge in [-0.25, -0.2) is 9.78 Å². The van der Waals surface area contributed by atoms with Crippen LogP contribution in [0.2, 0.25) is 5.02 Å². The third kappa shape index (κ3) is 6.61. The van der Waals surface area contributed by atoms with Gasteiger partial charge in [-0.1, -0.05) is 23.7 Å². The molecule has 0 spiro atoms. The van der Waals surface area contributed by atoms with E-state index >= 15 is 0 Å². The highest BCUT2D eigenvalue weighted by atomic mass is 35.5. The van der Waals surface area contributed by atoms with E-state index in [4.69, 9.17) is 21.1 Å². The number of fused-ring (bicyclic) bond motifs is 1. The Morgan fingerprint density at radius 1 is 1.09 bits per heavy atom. The molecule has 0 radical (unpaired) electrons. The smallest absolute Gasteiger partial charge is 0.333 e. The van der Waals surface area contributed by atoms with Gasteiger partial charge in [0.1, 0.15) is 12.7 Å². The van der Waals surface area contributed by atoms with E-state index in [1.807, 2.05) is 34.9 Å². The number of benzene rings is 1. The fourth-order valence-electron chi connectivity index (χ4n) is 6.12. The van der Waals surface area contributed by atoms with Crippen LogP contribution in [-0.2, 0) is 11.3 Å². The first-order chi connectivity index (χ1) is 20.9. The van der Waals surface area contributed by atoms with Crippen molar-refractivity contribution in [2.45, 2.75) is 51.3 Å². The number of pyridine rings is 2. The number of aromatic nitrogens is 4. The molecule has 0 bridgehead atoms. The van der Waals surface area contributed by atoms with Crippen LogP contribution in [0.25, 0.3) is 16.7 Å². The van der Waals surface area contributed by atoms with Crippen molar-refractivity contribution in [2.75, 3.05) is 33.4 Å². The van der Waals surface area contributed by atoms with Gasteiger partial charge in [0.15, 0.2) is 0 Å². The maximum absolute atomic E-state index is 13.8. The van der Waals surface area contributed by atoms with E-state index in [1.165, 1.54) is 0 Å². The van der Waals surface area contributed by atoms with Gasteiger partial charge in [-0.05, 0) is 69.8 Å². The third-order valence-corrected chi connectivity index (χ3v) is 8.70. The van der Waals surface area contributed by atoms with Crippen molar-refractivity contribution < 1.29 is 14.3 Å². The van der Waals surface area contributed by atoms with Gasteiger partial charge < -0.3 is 19.7 Å². The number of carbonyl (C=O) groups is 1. The van der Waals surface area contributed by atoms with Crippen molar-refractivity contribution in [3.05, 3.63) is 81.6 Å². The normalized spacial score (nSPS) is 21.1. The number of halogens is 1. The van der Waals surface area contributed by atoms with Crippen molar-refractivity contribution in [1.82, 2.24) is 29.3 Å². The average molecular weight is 605 g/mol. The molecule has 2 aliphatic rings. The Morgan fingerprint density at radius 2 is 1.88 bits per heavy atom. The van der Waals surface area contributed by atoms with Crippen LogP contribution in [0.15, 0.2) is 59.7 Å². The second-order valence-corrected chi connectivity index (χ2v) is 12.1. The summed E-state index contributed by atoms with van der Waals surface area (Å²) in [6.45, 7) is 5.30. The lowest BCUT2D eigenvalue weighted by atomic mass is 9.85. The largest absolute Gasteiger partial charge is 0.475 e. The van der Waals surface area contributed by atoms with Crippen LogP contribution in [0.4, 0.5) is 0 Å². The number of morpholine rings is 1. The summed E-state index contributed by atoms with van der Waals surface area (Å²) in [4.78, 5) is 37.6. The molecular weight excluding hydrogens is 568 g/mol. The van der Waals surface area contributed by atoms with Gasteiger partial charge in [0.25, 0.3) is 5.91 Å². The molecule has 1 aliphatic carbocycles. The average Bonchev–Trinajstić information content (AvgIpc) is 3.29. The van der Waals surface area contributed by atoms with Crippen molar-refractivity contribution in [2.24, 2.45) is 5.92 Å². The zero-order chi connectivity index (χ0) is 29.9. The molecule has 4 heterocycles. The van der Waals surface area contributed by atoms with Gasteiger partial charge in [-0.3, -0.25) is 18.9 Å². The Labute approximate surface area is 255 Å². The molecule has 10 nitrogen and oxygen atoms in total. The first-order valence-corrected chi connectivity index (χ1v) is 15.3. The van der Waals surface area contributed by atoms with Crippen molar-refractivity contribution in [1.29, 1.82) is 0 Å². The zero-order valence-electron chi connectivity index (χ0n) is 24.5. The van der Waals surface area contributed by atoms with Crippen LogP contribution in [0.1, 0.15) is 41.7 Å². The molecule has 6 rings (SSSR count). The van der Waals surface area contributed by atoms with Gasteiger partial charge in [-0.2, -0.15) is 0 Å². The number of ether oxygens (including phenoxy) is 2. The molecule has 43 heavy (non-hydrogen) atoms. The minimum atomic E-state index is -0.143. The van der Waals surface area contributed by atoms with Gasteiger partial charge in [-0.15, -0.1) is 0 Å². The second kappa shape index (κ2) is 12.9. The minimum absolute atomic E-state index is 0.0108. The minimum Gasteiger partial charge on any atom is -0.475 e. The molecule has 1 aliphatic heterocycles. The number of likely N-dealkylation sites (N-methyl/N-ethyl adjacent to an activating group) is 1. The van der Waals surface area contributed by atoms with Crippen molar-refractivity contribution in [3.8, 4) is 11.6 Å². The van der Waals surface area contributed by atoms with Crippen molar-refractivity contribution >= 4 is 28.5 Å². The summed E-state index contributed by atoms with van der Waals surface area (Å²) in [5.41, 5.74) is 3.51. The highest BCUT2D eigenvalue weighted by Gasteiger charge is 2.26. The lowest BCUT2D eigenvalue weighted by Crippen LogP contribution is -2.42. The van der Waals surface area contributed by atoms with Crippen LogP contribution < -0.4 is 15.7 Å². The molecule has 1 amide bonds. The van der Waals surface area contributed by atoms with Gasteiger partial charge in [0.2, 0.25) is 5.88 Å². The fourth-order valence-corrected chi connectivity index (χ4v) is 6.28. The number of aryl methyl sites for hydroxylation is 1. The number of para-hydroxylation sites is 2. The van der Waals surface area contributed by atoms with E-state index < -0.39 is 0 Å². The SMILES string of the molecule is Cc1ncc(Cl)cc1C(=O)N[C@H]1CC[C@H](Cn2c(=O)n(-c3ccc(OC[C@H]4CN(C)CCO4)nc3)c3ccccc32)CC1. The highest BCUT2D eigenvalue weighted by Crippen LogP contribution is 2.28. The quantitative estimate of drug-likeness (QED) is 0.321. The number of rotatable bonds is 8. The summed E-state index contributed by atoms with van der Waals surface area (Å²) >= 11 is 6.06. The Bertz CT molecular complexity index is 1640. The van der Waals surface area contributed by atoms with E-state index in [0.29, 0.717) is 53.5 Å². The number of nitrogens with zero attached hydrogens (tertiary/aromatic N) is 5. The monoisotopic (exact) mass is 604 g/mol. The Hall–Kier alpha value is -3.73. The molecule has 2 fully saturated rings. The van der Waals surface area contributed by atoms with E-state index in [-0.39, 0.29) is 23.7 Å². The molecule has 11 heteroatoms. The lowest BCUT2D eigenvalue weighted by molar-refractivity contribution is -0.0410. The molecule has 1 saturated carbocycles. The Morgan fingerprint density at radius 3 is 2.63 bits per heavy atom. The summed E-state index contributed by atoms with van der Waals surface area (Å²) in [6, 6.07) is 13.3. The number of carbonyl (C=O) groups excluding carboxylic acids is 1. The number of nitrogens with one attached hydrogen (secondary N) is 1. The van der Waals surface area contributed by atoms with Gasteiger partial charge in [0.05, 0.1) is 45.8 Å².